The Balaban J connectivity index is 1.46. The van der Waals surface area contributed by atoms with Crippen molar-refractivity contribution in [3.63, 3.8) is 0 Å². The fraction of sp³-hybridized carbons (Fsp3) is 0.368. The van der Waals surface area contributed by atoms with Gasteiger partial charge in [-0.15, -0.1) is 0 Å². The number of piperidine rings is 1. The standard InChI is InChI=1S/C19H20BrFN2O2S/c20-17-6-7-18-16(19(17)21)13-23(26(18,24)25)15-8-10-22(11-9-15)12-14-4-2-1-3-5-14/h1-7,15H,8-13H2. The number of halogens is 2. The van der Waals surface area contributed by atoms with Crippen LogP contribution in [0.25, 0.3) is 0 Å². The zero-order chi connectivity index (χ0) is 18.3. The van der Waals surface area contributed by atoms with Gasteiger partial charge >= 0.3 is 0 Å². The lowest BCUT2D eigenvalue weighted by Gasteiger charge is -2.35. The van der Waals surface area contributed by atoms with Gasteiger partial charge in [-0.05, 0) is 46.5 Å². The molecule has 0 atom stereocenters. The van der Waals surface area contributed by atoms with Gasteiger partial charge in [0.05, 0.1) is 9.37 Å². The van der Waals surface area contributed by atoms with Gasteiger partial charge in [0.15, 0.2) is 0 Å². The van der Waals surface area contributed by atoms with E-state index in [1.165, 1.54) is 22.0 Å². The summed E-state index contributed by atoms with van der Waals surface area (Å²) in [6, 6.07) is 13.2. The molecule has 0 radical (unpaired) electrons. The summed E-state index contributed by atoms with van der Waals surface area (Å²) in [7, 11) is -3.61. The fourth-order valence-corrected chi connectivity index (χ4v) is 6.10. The topological polar surface area (TPSA) is 40.6 Å². The zero-order valence-corrected chi connectivity index (χ0v) is 16.6. The molecule has 2 aliphatic rings. The normalized spacial score (nSPS) is 21.0. The van der Waals surface area contributed by atoms with Gasteiger partial charge in [0, 0.05) is 37.8 Å². The van der Waals surface area contributed by atoms with Crippen LogP contribution < -0.4 is 0 Å². The highest BCUT2D eigenvalue weighted by molar-refractivity contribution is 9.10. The third kappa shape index (κ3) is 3.22. The van der Waals surface area contributed by atoms with E-state index in [0.717, 1.165) is 32.5 Å². The molecule has 2 aromatic rings. The lowest BCUT2D eigenvalue weighted by atomic mass is 10.0. The summed E-state index contributed by atoms with van der Waals surface area (Å²) in [6.45, 7) is 2.69. The minimum absolute atomic E-state index is 0.0717. The van der Waals surface area contributed by atoms with Gasteiger partial charge in [0.2, 0.25) is 10.0 Å². The molecule has 2 aromatic carbocycles. The van der Waals surface area contributed by atoms with Crippen molar-refractivity contribution in [2.24, 2.45) is 0 Å². The number of hydrogen-bond acceptors (Lipinski definition) is 3. The van der Waals surface area contributed by atoms with Crippen molar-refractivity contribution in [3.05, 3.63) is 63.9 Å². The Hall–Kier alpha value is -1.28. The molecule has 0 bridgehead atoms. The SMILES string of the molecule is O=S1(=O)c2ccc(Br)c(F)c2CN1C1CCN(Cc2ccccc2)CC1. The highest BCUT2D eigenvalue weighted by Crippen LogP contribution is 2.38. The number of fused-ring (bicyclic) bond motifs is 1. The molecule has 0 aromatic heterocycles. The van der Waals surface area contributed by atoms with Gasteiger partial charge in [0.25, 0.3) is 0 Å². The Morgan fingerprint density at radius 3 is 2.46 bits per heavy atom. The second kappa shape index (κ2) is 7.03. The average molecular weight is 439 g/mol. The molecule has 0 N–H and O–H groups in total. The summed E-state index contributed by atoms with van der Waals surface area (Å²) >= 11 is 3.15. The largest absolute Gasteiger partial charge is 0.299 e. The van der Waals surface area contributed by atoms with Crippen LogP contribution in [0.2, 0.25) is 0 Å². The summed E-state index contributed by atoms with van der Waals surface area (Å²) in [5.41, 5.74) is 1.55. The van der Waals surface area contributed by atoms with E-state index in [-0.39, 0.29) is 23.0 Å². The van der Waals surface area contributed by atoms with Crippen LogP contribution in [-0.4, -0.2) is 36.8 Å². The Morgan fingerprint density at radius 2 is 1.77 bits per heavy atom. The molecule has 0 aliphatic carbocycles. The number of sulfonamides is 1. The van der Waals surface area contributed by atoms with Crippen LogP contribution in [0.4, 0.5) is 4.39 Å². The van der Waals surface area contributed by atoms with Gasteiger partial charge in [0.1, 0.15) is 5.82 Å². The molecule has 4 rings (SSSR count). The fourth-order valence-electron chi connectivity index (χ4n) is 3.86. The van der Waals surface area contributed by atoms with Crippen molar-refractivity contribution in [1.29, 1.82) is 0 Å². The predicted octanol–water partition coefficient (Wildman–Crippen LogP) is 3.76. The second-order valence-corrected chi connectivity index (χ2v) is 9.59. The molecule has 0 spiro atoms. The monoisotopic (exact) mass is 438 g/mol. The van der Waals surface area contributed by atoms with Gasteiger partial charge in [-0.1, -0.05) is 30.3 Å². The van der Waals surface area contributed by atoms with Crippen molar-refractivity contribution in [2.75, 3.05) is 13.1 Å². The van der Waals surface area contributed by atoms with Crippen LogP contribution in [0.15, 0.2) is 51.8 Å². The van der Waals surface area contributed by atoms with E-state index < -0.39 is 15.8 Å². The lowest BCUT2D eigenvalue weighted by Crippen LogP contribution is -2.44. The Morgan fingerprint density at radius 1 is 1.08 bits per heavy atom. The van der Waals surface area contributed by atoms with Crippen molar-refractivity contribution in [3.8, 4) is 0 Å². The Labute approximate surface area is 161 Å². The highest BCUT2D eigenvalue weighted by Gasteiger charge is 2.41. The second-order valence-electron chi connectivity index (χ2n) is 6.88. The molecular formula is C19H20BrFN2O2S. The molecule has 0 saturated carbocycles. The molecular weight excluding hydrogens is 419 g/mol. The molecule has 1 saturated heterocycles. The van der Waals surface area contributed by atoms with Crippen molar-refractivity contribution in [2.45, 2.75) is 36.9 Å². The van der Waals surface area contributed by atoms with Gasteiger partial charge < -0.3 is 0 Å². The van der Waals surface area contributed by atoms with E-state index in [0.29, 0.717) is 4.47 Å². The van der Waals surface area contributed by atoms with Crippen molar-refractivity contribution >= 4 is 26.0 Å². The third-order valence-electron chi connectivity index (χ3n) is 5.27. The van der Waals surface area contributed by atoms with Gasteiger partial charge in [-0.3, -0.25) is 4.90 Å². The van der Waals surface area contributed by atoms with E-state index in [9.17, 15) is 12.8 Å². The van der Waals surface area contributed by atoms with E-state index in [1.807, 2.05) is 18.2 Å². The summed E-state index contributed by atoms with van der Waals surface area (Å²) in [6.07, 6.45) is 1.53. The summed E-state index contributed by atoms with van der Waals surface area (Å²) in [4.78, 5) is 2.46. The predicted molar refractivity (Wildman–Crippen MR) is 102 cm³/mol. The molecule has 138 valence electrons. The number of likely N-dealkylation sites (tertiary alicyclic amines) is 1. The van der Waals surface area contributed by atoms with E-state index in [4.69, 9.17) is 0 Å². The van der Waals surface area contributed by atoms with Crippen LogP contribution in [0.5, 0.6) is 0 Å². The Bertz CT molecular complexity index is 913. The van der Waals surface area contributed by atoms with Gasteiger partial charge in [-0.2, -0.15) is 4.31 Å². The first-order valence-corrected chi connectivity index (χ1v) is 10.9. The molecule has 1 fully saturated rings. The van der Waals surface area contributed by atoms with Crippen molar-refractivity contribution in [1.82, 2.24) is 9.21 Å². The minimum Gasteiger partial charge on any atom is -0.299 e. The third-order valence-corrected chi connectivity index (χ3v) is 7.86. The lowest BCUT2D eigenvalue weighted by molar-refractivity contribution is 0.153. The maximum Gasteiger partial charge on any atom is 0.244 e. The van der Waals surface area contributed by atoms with Crippen LogP contribution in [0.3, 0.4) is 0 Å². The summed E-state index contributed by atoms with van der Waals surface area (Å²) < 4.78 is 41.8. The molecule has 0 amide bonds. The summed E-state index contributed by atoms with van der Waals surface area (Å²) in [5, 5.41) is 0. The Kier molecular flexibility index (Phi) is 4.90. The molecule has 2 heterocycles. The van der Waals surface area contributed by atoms with Crippen LogP contribution >= 0.6 is 15.9 Å². The molecule has 7 heteroatoms. The smallest absolute Gasteiger partial charge is 0.244 e. The van der Waals surface area contributed by atoms with Crippen LogP contribution in [-0.2, 0) is 23.1 Å². The highest BCUT2D eigenvalue weighted by atomic mass is 79.9. The first-order valence-electron chi connectivity index (χ1n) is 8.72. The summed E-state index contributed by atoms with van der Waals surface area (Å²) in [5.74, 6) is -0.463. The number of nitrogens with zero attached hydrogens (tertiary/aromatic N) is 2. The zero-order valence-electron chi connectivity index (χ0n) is 14.2. The number of benzene rings is 2. The maximum atomic E-state index is 14.3. The number of rotatable bonds is 3. The first-order chi connectivity index (χ1) is 12.5. The molecule has 4 nitrogen and oxygen atoms in total. The molecule has 26 heavy (non-hydrogen) atoms. The average Bonchev–Trinajstić information content (AvgIpc) is 2.91. The van der Waals surface area contributed by atoms with Gasteiger partial charge in [-0.25, -0.2) is 12.8 Å². The maximum absolute atomic E-state index is 14.3. The van der Waals surface area contributed by atoms with E-state index >= 15 is 0 Å². The molecule has 0 unspecified atom stereocenters. The van der Waals surface area contributed by atoms with Crippen LogP contribution in [0.1, 0.15) is 24.0 Å². The van der Waals surface area contributed by atoms with E-state index in [2.05, 4.69) is 33.0 Å². The quantitative estimate of drug-likeness (QED) is 0.732. The van der Waals surface area contributed by atoms with E-state index in [1.54, 1.807) is 0 Å². The van der Waals surface area contributed by atoms with Crippen molar-refractivity contribution < 1.29 is 12.8 Å². The number of hydrogen-bond donors (Lipinski definition) is 0. The minimum atomic E-state index is -3.61. The molecule has 2 aliphatic heterocycles. The van der Waals surface area contributed by atoms with Crippen LogP contribution in [0, 0.1) is 5.82 Å². The first kappa shape index (κ1) is 18.1.